The van der Waals surface area contributed by atoms with Crippen LogP contribution in [-0.4, -0.2) is 41.8 Å². The van der Waals surface area contributed by atoms with Gasteiger partial charge in [0.25, 0.3) is 0 Å². The molecule has 0 radical (unpaired) electrons. The summed E-state index contributed by atoms with van der Waals surface area (Å²) in [6, 6.07) is 14.2. The molecule has 3 N–H and O–H groups in total. The van der Waals surface area contributed by atoms with Crippen LogP contribution in [0.5, 0.6) is 0 Å². The van der Waals surface area contributed by atoms with E-state index >= 15 is 0 Å². The molecule has 7 heteroatoms. The van der Waals surface area contributed by atoms with Crippen molar-refractivity contribution in [2.45, 2.75) is 58.5 Å². The molecule has 0 fully saturated rings. The summed E-state index contributed by atoms with van der Waals surface area (Å²) in [5.74, 6) is -1.81. The summed E-state index contributed by atoms with van der Waals surface area (Å²) >= 11 is 0. The number of benzene rings is 2. The smallest absolute Gasteiger partial charge is 0.407 e. The summed E-state index contributed by atoms with van der Waals surface area (Å²) in [4.78, 5) is 37.1. The van der Waals surface area contributed by atoms with Gasteiger partial charge in [0.15, 0.2) is 0 Å². The van der Waals surface area contributed by atoms with E-state index in [-0.39, 0.29) is 24.4 Å². The highest BCUT2D eigenvalue weighted by molar-refractivity contribution is 5.89. The predicted octanol–water partition coefficient (Wildman–Crippen LogP) is 4.56. The summed E-state index contributed by atoms with van der Waals surface area (Å²) in [5, 5.41) is 14.7. The molecule has 3 rings (SSSR count). The number of rotatable bonds is 10. The normalized spacial score (nSPS) is 15.1. The van der Waals surface area contributed by atoms with Crippen LogP contribution in [0.15, 0.2) is 48.5 Å². The van der Waals surface area contributed by atoms with E-state index in [9.17, 15) is 19.5 Å². The first-order valence-electron chi connectivity index (χ1n) is 11.9. The predicted molar refractivity (Wildman–Crippen MR) is 130 cm³/mol. The van der Waals surface area contributed by atoms with Crippen LogP contribution in [0.3, 0.4) is 0 Å². The molecule has 2 amide bonds. The Balaban J connectivity index is 1.64. The summed E-state index contributed by atoms with van der Waals surface area (Å²) in [7, 11) is 0. The number of carbonyl (C=O) groups is 3. The van der Waals surface area contributed by atoms with Gasteiger partial charge in [-0.1, -0.05) is 82.6 Å². The van der Waals surface area contributed by atoms with Gasteiger partial charge in [0, 0.05) is 5.92 Å². The Morgan fingerprint density at radius 3 is 2.00 bits per heavy atom. The van der Waals surface area contributed by atoms with E-state index in [1.165, 1.54) is 0 Å². The lowest BCUT2D eigenvalue weighted by Crippen LogP contribution is -2.54. The minimum absolute atomic E-state index is 0.0867. The fourth-order valence-electron chi connectivity index (χ4n) is 4.35. The number of ether oxygens (including phenoxy) is 1. The average Bonchev–Trinajstić information content (AvgIpc) is 3.14. The Hall–Kier alpha value is -3.35. The third-order valence-corrected chi connectivity index (χ3v) is 6.52. The maximum atomic E-state index is 12.8. The van der Waals surface area contributed by atoms with Crippen LogP contribution in [0.25, 0.3) is 11.1 Å². The van der Waals surface area contributed by atoms with Gasteiger partial charge in [0.05, 0.1) is 0 Å². The average molecular weight is 467 g/mol. The maximum Gasteiger partial charge on any atom is 0.407 e. The first-order valence-corrected chi connectivity index (χ1v) is 11.9. The number of hydrogen-bond donors (Lipinski definition) is 3. The molecule has 0 spiro atoms. The number of amides is 2. The highest BCUT2D eigenvalue weighted by Gasteiger charge is 2.32. The Labute approximate surface area is 200 Å². The van der Waals surface area contributed by atoms with Crippen molar-refractivity contribution < 1.29 is 24.2 Å². The second-order valence-electron chi connectivity index (χ2n) is 9.34. The van der Waals surface area contributed by atoms with E-state index in [1.807, 2.05) is 50.2 Å². The second-order valence-corrected chi connectivity index (χ2v) is 9.34. The molecule has 3 atom stereocenters. The number of hydrogen-bond acceptors (Lipinski definition) is 4. The highest BCUT2D eigenvalue weighted by atomic mass is 16.5. The van der Waals surface area contributed by atoms with Crippen molar-refractivity contribution in [2.24, 2.45) is 11.8 Å². The molecule has 0 bridgehead atoms. The maximum absolute atomic E-state index is 12.8. The molecule has 2 aromatic carbocycles. The topological polar surface area (TPSA) is 105 Å². The van der Waals surface area contributed by atoms with Crippen molar-refractivity contribution in [2.75, 3.05) is 6.61 Å². The number of carbonyl (C=O) groups excluding carboxylic acids is 2. The number of carboxylic acid groups (broad SMARTS) is 1. The number of nitrogens with one attached hydrogen (secondary N) is 2. The first-order chi connectivity index (χ1) is 16.2. The molecule has 34 heavy (non-hydrogen) atoms. The minimum atomic E-state index is -1.09. The molecular weight excluding hydrogens is 432 g/mol. The molecule has 182 valence electrons. The molecule has 2 aromatic rings. The van der Waals surface area contributed by atoms with Gasteiger partial charge in [-0.15, -0.1) is 0 Å². The molecule has 0 saturated carbocycles. The van der Waals surface area contributed by atoms with E-state index in [2.05, 4.69) is 22.8 Å². The van der Waals surface area contributed by atoms with Crippen molar-refractivity contribution in [3.8, 4) is 11.1 Å². The number of aliphatic carboxylic acids is 1. The highest BCUT2D eigenvalue weighted by Crippen LogP contribution is 2.44. The first kappa shape index (κ1) is 25.3. The lowest BCUT2D eigenvalue weighted by molar-refractivity contribution is -0.142. The van der Waals surface area contributed by atoms with Crippen molar-refractivity contribution in [1.82, 2.24) is 10.6 Å². The van der Waals surface area contributed by atoms with E-state index in [4.69, 9.17) is 4.74 Å². The zero-order valence-electron chi connectivity index (χ0n) is 20.2. The largest absolute Gasteiger partial charge is 0.480 e. The summed E-state index contributed by atoms with van der Waals surface area (Å²) < 4.78 is 5.56. The van der Waals surface area contributed by atoms with Gasteiger partial charge in [-0.2, -0.15) is 0 Å². The quantitative estimate of drug-likeness (QED) is 0.476. The van der Waals surface area contributed by atoms with Crippen molar-refractivity contribution >= 4 is 18.0 Å². The fourth-order valence-corrected chi connectivity index (χ4v) is 4.35. The van der Waals surface area contributed by atoms with Crippen LogP contribution in [0.2, 0.25) is 0 Å². The third kappa shape index (κ3) is 5.76. The van der Waals surface area contributed by atoms with Gasteiger partial charge in [0.2, 0.25) is 5.91 Å². The Bertz CT molecular complexity index is 990. The van der Waals surface area contributed by atoms with E-state index in [1.54, 1.807) is 13.8 Å². The Morgan fingerprint density at radius 1 is 0.941 bits per heavy atom. The summed E-state index contributed by atoms with van der Waals surface area (Å²) in [5.41, 5.74) is 4.47. The fraction of sp³-hybridized carbons (Fsp3) is 0.444. The van der Waals surface area contributed by atoms with E-state index in [0.717, 1.165) is 28.7 Å². The van der Waals surface area contributed by atoms with Crippen LogP contribution < -0.4 is 10.6 Å². The van der Waals surface area contributed by atoms with Gasteiger partial charge in [0.1, 0.15) is 18.7 Å². The van der Waals surface area contributed by atoms with Crippen LogP contribution in [0.4, 0.5) is 4.79 Å². The number of alkyl carbamates (subject to hydrolysis) is 1. The van der Waals surface area contributed by atoms with E-state index in [0.29, 0.717) is 6.42 Å². The van der Waals surface area contributed by atoms with Crippen molar-refractivity contribution in [1.29, 1.82) is 0 Å². The van der Waals surface area contributed by atoms with Crippen molar-refractivity contribution in [3.05, 3.63) is 59.7 Å². The van der Waals surface area contributed by atoms with Crippen LogP contribution in [-0.2, 0) is 14.3 Å². The molecule has 0 aliphatic heterocycles. The molecule has 3 unspecified atom stereocenters. The second kappa shape index (κ2) is 11.2. The summed E-state index contributed by atoms with van der Waals surface area (Å²) in [6.45, 7) is 7.63. The van der Waals surface area contributed by atoms with Crippen molar-refractivity contribution in [3.63, 3.8) is 0 Å². The van der Waals surface area contributed by atoms with Crippen LogP contribution >= 0.6 is 0 Å². The lowest BCUT2D eigenvalue weighted by Gasteiger charge is -2.25. The molecule has 0 heterocycles. The van der Waals surface area contributed by atoms with Crippen LogP contribution in [0, 0.1) is 11.8 Å². The molecule has 7 nitrogen and oxygen atoms in total. The SMILES string of the molecule is CCC(C)CC(NC(=O)C(NC(=O)OCC1c2ccccc2-c2ccccc21)C(C)C)C(=O)O. The number of carboxylic acids is 1. The van der Waals surface area contributed by atoms with Gasteiger partial charge in [-0.25, -0.2) is 9.59 Å². The zero-order valence-corrected chi connectivity index (χ0v) is 20.2. The van der Waals surface area contributed by atoms with Gasteiger partial charge in [-0.3, -0.25) is 4.79 Å². The third-order valence-electron chi connectivity index (χ3n) is 6.52. The van der Waals surface area contributed by atoms with E-state index < -0.39 is 30.1 Å². The Morgan fingerprint density at radius 2 is 1.50 bits per heavy atom. The Kier molecular flexibility index (Phi) is 8.31. The monoisotopic (exact) mass is 466 g/mol. The molecule has 1 aliphatic carbocycles. The molecule has 0 aromatic heterocycles. The van der Waals surface area contributed by atoms with Gasteiger partial charge < -0.3 is 20.5 Å². The number of fused-ring (bicyclic) bond motifs is 3. The van der Waals surface area contributed by atoms with Gasteiger partial charge in [-0.05, 0) is 40.5 Å². The molecular formula is C27H34N2O5. The summed E-state index contributed by atoms with van der Waals surface area (Å²) in [6.07, 6.45) is 0.433. The standard InChI is InChI=1S/C27H34N2O5/c1-5-17(4)14-23(26(31)32)28-25(30)24(16(2)3)29-27(33)34-15-22-20-12-8-6-10-18(20)19-11-7-9-13-21(19)22/h6-13,16-17,22-24H,5,14-15H2,1-4H3,(H,28,30)(H,29,33)(H,31,32). The van der Waals surface area contributed by atoms with Crippen LogP contribution in [0.1, 0.15) is 57.6 Å². The minimum Gasteiger partial charge on any atom is -0.480 e. The molecule has 1 aliphatic rings. The van der Waals surface area contributed by atoms with Gasteiger partial charge >= 0.3 is 12.1 Å². The zero-order chi connectivity index (χ0) is 24.8. The lowest BCUT2D eigenvalue weighted by atomic mass is 9.98. The molecule has 0 saturated heterocycles.